The Balaban J connectivity index is 1.65. The van der Waals surface area contributed by atoms with Gasteiger partial charge in [-0.2, -0.15) is 0 Å². The summed E-state index contributed by atoms with van der Waals surface area (Å²) >= 11 is 0. The minimum Gasteiger partial charge on any atom is -0.354 e. The Morgan fingerprint density at radius 2 is 2.08 bits per heavy atom. The van der Waals surface area contributed by atoms with Gasteiger partial charge in [-0.15, -0.1) is 0 Å². The van der Waals surface area contributed by atoms with Crippen LogP contribution >= 0.6 is 0 Å². The van der Waals surface area contributed by atoms with Crippen molar-refractivity contribution in [2.24, 2.45) is 0 Å². The molecule has 0 bridgehead atoms. The van der Waals surface area contributed by atoms with Crippen LogP contribution in [0.3, 0.4) is 0 Å². The number of hydrogen-bond donors (Lipinski definition) is 0. The molecular weight excluding hydrogens is 332 g/mol. The monoisotopic (exact) mass is 352 g/mol. The van der Waals surface area contributed by atoms with E-state index in [4.69, 9.17) is 0 Å². The van der Waals surface area contributed by atoms with Crippen molar-refractivity contribution < 1.29 is 9.59 Å². The molecule has 0 saturated carbocycles. The molecule has 0 aromatic carbocycles. The molecule has 2 aliphatic heterocycles. The molecule has 4 rings (SSSR count). The number of nitrogens with zero attached hydrogens (tertiary/aromatic N) is 6. The number of amides is 2. The van der Waals surface area contributed by atoms with E-state index in [1.807, 2.05) is 18.2 Å². The lowest BCUT2D eigenvalue weighted by Crippen LogP contribution is -2.66. The molecule has 0 radical (unpaired) electrons. The minimum absolute atomic E-state index is 0.0753. The molecule has 1 atom stereocenters. The minimum atomic E-state index is -0.430. The molecular formula is C18H20N6O2. The smallest absolute Gasteiger partial charge is 0.246 e. The predicted octanol–water partition coefficient (Wildman–Crippen LogP) is 0.716. The second-order valence-electron chi connectivity index (χ2n) is 6.76. The lowest BCUT2D eigenvalue weighted by Gasteiger charge is -2.48. The SMILES string of the molecule is CC(=O)N1CC(=O)N(c2cccnc2)C[C@]12CCN(c1ccncn1)C2. The van der Waals surface area contributed by atoms with Crippen LogP contribution in [0.4, 0.5) is 11.5 Å². The summed E-state index contributed by atoms with van der Waals surface area (Å²) in [7, 11) is 0. The topological polar surface area (TPSA) is 82.5 Å². The first-order valence-electron chi connectivity index (χ1n) is 8.59. The molecule has 8 heteroatoms. The Bertz CT molecular complexity index is 815. The van der Waals surface area contributed by atoms with Crippen molar-refractivity contribution in [3.8, 4) is 0 Å². The maximum Gasteiger partial charge on any atom is 0.246 e. The highest BCUT2D eigenvalue weighted by molar-refractivity contribution is 5.98. The molecule has 2 saturated heterocycles. The van der Waals surface area contributed by atoms with E-state index in [0.29, 0.717) is 13.1 Å². The van der Waals surface area contributed by atoms with Gasteiger partial charge in [-0.05, 0) is 24.6 Å². The third-order valence-electron chi connectivity index (χ3n) is 5.18. The van der Waals surface area contributed by atoms with Crippen LogP contribution in [0.25, 0.3) is 0 Å². The maximum atomic E-state index is 12.7. The van der Waals surface area contributed by atoms with E-state index < -0.39 is 5.54 Å². The van der Waals surface area contributed by atoms with Crippen molar-refractivity contribution in [3.63, 3.8) is 0 Å². The van der Waals surface area contributed by atoms with Gasteiger partial charge < -0.3 is 14.7 Å². The summed E-state index contributed by atoms with van der Waals surface area (Å²) in [6.07, 6.45) is 7.38. The van der Waals surface area contributed by atoms with Crippen molar-refractivity contribution in [2.45, 2.75) is 18.9 Å². The van der Waals surface area contributed by atoms with Crippen LogP contribution in [0.15, 0.2) is 43.1 Å². The van der Waals surface area contributed by atoms with Crippen LogP contribution in [-0.2, 0) is 9.59 Å². The van der Waals surface area contributed by atoms with E-state index in [0.717, 1.165) is 24.5 Å². The Labute approximate surface area is 151 Å². The fourth-order valence-electron chi connectivity index (χ4n) is 3.92. The molecule has 134 valence electrons. The van der Waals surface area contributed by atoms with Crippen LogP contribution in [0, 0.1) is 0 Å². The van der Waals surface area contributed by atoms with Gasteiger partial charge in [0.15, 0.2) is 0 Å². The average Bonchev–Trinajstić information content (AvgIpc) is 3.09. The summed E-state index contributed by atoms with van der Waals surface area (Å²) in [6.45, 7) is 3.48. The van der Waals surface area contributed by atoms with Gasteiger partial charge in [0.1, 0.15) is 18.7 Å². The molecule has 4 heterocycles. The zero-order valence-corrected chi connectivity index (χ0v) is 14.6. The van der Waals surface area contributed by atoms with Crippen molar-refractivity contribution in [1.82, 2.24) is 19.9 Å². The predicted molar refractivity (Wildman–Crippen MR) is 95.6 cm³/mol. The first-order valence-corrected chi connectivity index (χ1v) is 8.59. The van der Waals surface area contributed by atoms with Gasteiger partial charge in [0.25, 0.3) is 0 Å². The zero-order valence-electron chi connectivity index (χ0n) is 14.6. The largest absolute Gasteiger partial charge is 0.354 e. The van der Waals surface area contributed by atoms with Crippen LogP contribution in [-0.4, -0.2) is 63.4 Å². The fourth-order valence-corrected chi connectivity index (χ4v) is 3.92. The average molecular weight is 352 g/mol. The Kier molecular flexibility index (Phi) is 4.02. The van der Waals surface area contributed by atoms with Gasteiger partial charge in [0, 0.05) is 32.4 Å². The van der Waals surface area contributed by atoms with Crippen molar-refractivity contribution in [3.05, 3.63) is 43.1 Å². The molecule has 8 nitrogen and oxygen atoms in total. The van der Waals surface area contributed by atoms with Crippen LogP contribution < -0.4 is 9.80 Å². The van der Waals surface area contributed by atoms with Gasteiger partial charge in [0.05, 0.1) is 24.0 Å². The molecule has 2 fully saturated rings. The van der Waals surface area contributed by atoms with Crippen LogP contribution in [0.1, 0.15) is 13.3 Å². The highest BCUT2D eigenvalue weighted by Gasteiger charge is 2.50. The highest BCUT2D eigenvalue weighted by atomic mass is 16.2. The van der Waals surface area contributed by atoms with Gasteiger partial charge in [0.2, 0.25) is 11.8 Å². The Hall–Kier alpha value is -3.03. The number of rotatable bonds is 2. The van der Waals surface area contributed by atoms with Crippen molar-refractivity contribution in [2.75, 3.05) is 36.0 Å². The van der Waals surface area contributed by atoms with Gasteiger partial charge in [-0.25, -0.2) is 9.97 Å². The summed E-state index contributed by atoms with van der Waals surface area (Å²) < 4.78 is 0. The van der Waals surface area contributed by atoms with E-state index in [2.05, 4.69) is 19.9 Å². The number of aromatic nitrogens is 3. The van der Waals surface area contributed by atoms with E-state index >= 15 is 0 Å². The van der Waals surface area contributed by atoms with Gasteiger partial charge >= 0.3 is 0 Å². The number of hydrogen-bond acceptors (Lipinski definition) is 6. The number of anilines is 2. The fraction of sp³-hybridized carbons (Fsp3) is 0.389. The third-order valence-corrected chi connectivity index (χ3v) is 5.18. The normalized spacial score (nSPS) is 23.0. The molecule has 0 N–H and O–H groups in total. The molecule has 2 aromatic heterocycles. The van der Waals surface area contributed by atoms with E-state index in [9.17, 15) is 9.59 Å². The zero-order chi connectivity index (χ0) is 18.1. The molecule has 26 heavy (non-hydrogen) atoms. The number of carbonyl (C=O) groups excluding carboxylic acids is 2. The summed E-state index contributed by atoms with van der Waals surface area (Å²) in [5.74, 6) is 0.679. The second-order valence-corrected chi connectivity index (χ2v) is 6.76. The molecule has 2 aliphatic rings. The summed E-state index contributed by atoms with van der Waals surface area (Å²) in [5.41, 5.74) is 0.334. The highest BCUT2D eigenvalue weighted by Crippen LogP contribution is 2.35. The summed E-state index contributed by atoms with van der Waals surface area (Å²) in [6, 6.07) is 5.55. The summed E-state index contributed by atoms with van der Waals surface area (Å²) in [4.78, 5) is 43.0. The van der Waals surface area contributed by atoms with Crippen molar-refractivity contribution >= 4 is 23.3 Å². The number of piperazine rings is 1. The van der Waals surface area contributed by atoms with E-state index in [1.54, 1.807) is 28.4 Å². The first-order chi connectivity index (χ1) is 12.6. The molecule has 0 unspecified atom stereocenters. The van der Waals surface area contributed by atoms with Crippen molar-refractivity contribution in [1.29, 1.82) is 0 Å². The van der Waals surface area contributed by atoms with Gasteiger partial charge in [-0.1, -0.05) is 0 Å². The van der Waals surface area contributed by atoms with E-state index in [1.165, 1.54) is 13.3 Å². The Morgan fingerprint density at radius 1 is 1.19 bits per heavy atom. The lowest BCUT2D eigenvalue weighted by atomic mass is 9.92. The number of pyridine rings is 1. The third kappa shape index (κ3) is 2.77. The maximum absolute atomic E-state index is 12.7. The molecule has 2 aromatic rings. The van der Waals surface area contributed by atoms with E-state index in [-0.39, 0.29) is 18.4 Å². The van der Waals surface area contributed by atoms with Crippen LogP contribution in [0.5, 0.6) is 0 Å². The quantitative estimate of drug-likeness (QED) is 0.792. The Morgan fingerprint density at radius 3 is 2.77 bits per heavy atom. The molecule has 2 amide bonds. The van der Waals surface area contributed by atoms with Crippen LogP contribution in [0.2, 0.25) is 0 Å². The second kappa shape index (κ2) is 6.36. The summed E-state index contributed by atoms with van der Waals surface area (Å²) in [5, 5.41) is 0. The van der Waals surface area contributed by atoms with Gasteiger partial charge in [-0.3, -0.25) is 14.6 Å². The number of carbonyl (C=O) groups is 2. The lowest BCUT2D eigenvalue weighted by molar-refractivity contribution is -0.142. The molecule has 1 spiro atoms. The standard InChI is InChI=1S/C18H20N6O2/c1-14(25)24-10-17(26)23(15-3-2-6-19-9-15)12-18(24)5-8-22(11-18)16-4-7-20-13-21-16/h2-4,6-7,9,13H,5,8,10-12H2,1H3/t18-/m1/s1. The molecule has 0 aliphatic carbocycles. The first kappa shape index (κ1) is 16.4.